The molecule has 4 rings (SSSR count). The van der Waals surface area contributed by atoms with Gasteiger partial charge in [-0.2, -0.15) is 0 Å². The zero-order valence-corrected chi connectivity index (χ0v) is 14.5. The van der Waals surface area contributed by atoms with Crippen molar-refractivity contribution in [1.82, 2.24) is 5.32 Å². The molecule has 0 aromatic heterocycles. The van der Waals surface area contributed by atoms with Gasteiger partial charge in [0.2, 0.25) is 0 Å². The second-order valence-electron chi connectivity index (χ2n) is 5.97. The van der Waals surface area contributed by atoms with Crippen LogP contribution in [0.2, 0.25) is 0 Å². The Balaban J connectivity index is 1.64. The lowest BCUT2D eigenvalue weighted by molar-refractivity contribution is 0.942. The fraction of sp³-hybridized carbons (Fsp3) is 0.0455. The molecule has 0 aliphatic carbocycles. The molecule has 0 saturated carbocycles. The molecule has 2 N–H and O–H groups in total. The molecule has 2 nitrogen and oxygen atoms in total. The summed E-state index contributed by atoms with van der Waals surface area (Å²) >= 11 is 5.46. The van der Waals surface area contributed by atoms with E-state index in [0.29, 0.717) is 11.7 Å². The van der Waals surface area contributed by atoms with Crippen LogP contribution in [0.4, 0.5) is 5.69 Å². The summed E-state index contributed by atoms with van der Waals surface area (Å²) < 4.78 is 0. The fourth-order valence-corrected chi connectivity index (χ4v) is 3.35. The van der Waals surface area contributed by atoms with Gasteiger partial charge in [-0.25, -0.2) is 0 Å². The summed E-state index contributed by atoms with van der Waals surface area (Å²) in [5.41, 5.74) is 2.26. The molecule has 3 heteroatoms. The standard InChI is InChI=1S/C22H18N2S/c25-22(24-18-10-2-1-3-11-18)23-15-21-19-12-6-4-8-16(19)14-17-9-5-7-13-20(17)21/h1-14H,15H2,(H2,23,24,25). The molecular formula is C22H18N2S. The van der Waals surface area contributed by atoms with Gasteiger partial charge in [0.25, 0.3) is 0 Å². The summed E-state index contributed by atoms with van der Waals surface area (Å²) in [5.74, 6) is 0. The molecule has 0 radical (unpaired) electrons. The number of thiocarbonyl (C=S) groups is 1. The van der Waals surface area contributed by atoms with Gasteiger partial charge in [-0.3, -0.25) is 0 Å². The highest BCUT2D eigenvalue weighted by Gasteiger charge is 2.08. The van der Waals surface area contributed by atoms with E-state index in [0.717, 1.165) is 5.69 Å². The molecule has 0 saturated heterocycles. The Hall–Kier alpha value is -2.91. The number of benzene rings is 4. The maximum Gasteiger partial charge on any atom is 0.171 e. The first-order valence-electron chi connectivity index (χ1n) is 8.30. The van der Waals surface area contributed by atoms with E-state index in [9.17, 15) is 0 Å². The van der Waals surface area contributed by atoms with Crippen molar-refractivity contribution in [2.45, 2.75) is 6.54 Å². The first-order chi connectivity index (χ1) is 12.3. The number of hydrogen-bond donors (Lipinski definition) is 2. The first kappa shape index (κ1) is 15.6. The monoisotopic (exact) mass is 342 g/mol. The molecule has 25 heavy (non-hydrogen) atoms. The predicted octanol–water partition coefficient (Wildman–Crippen LogP) is 5.48. The van der Waals surface area contributed by atoms with Gasteiger partial charge in [0.15, 0.2) is 5.11 Å². The lowest BCUT2D eigenvalue weighted by Gasteiger charge is -2.14. The average Bonchev–Trinajstić information content (AvgIpc) is 2.66. The molecular weight excluding hydrogens is 324 g/mol. The van der Waals surface area contributed by atoms with E-state index >= 15 is 0 Å². The molecule has 0 bridgehead atoms. The van der Waals surface area contributed by atoms with Crippen molar-refractivity contribution in [2.75, 3.05) is 5.32 Å². The number of nitrogens with one attached hydrogen (secondary N) is 2. The van der Waals surface area contributed by atoms with Gasteiger partial charge in [-0.1, -0.05) is 66.7 Å². The lowest BCUT2D eigenvalue weighted by Crippen LogP contribution is -2.28. The Labute approximate surface area is 152 Å². The van der Waals surface area contributed by atoms with Crippen LogP contribution in [0.1, 0.15) is 5.56 Å². The van der Waals surface area contributed by atoms with E-state index in [2.05, 4.69) is 65.2 Å². The van der Waals surface area contributed by atoms with Gasteiger partial charge >= 0.3 is 0 Å². The van der Waals surface area contributed by atoms with E-state index in [-0.39, 0.29) is 0 Å². The van der Waals surface area contributed by atoms with E-state index < -0.39 is 0 Å². The topological polar surface area (TPSA) is 24.1 Å². The zero-order valence-electron chi connectivity index (χ0n) is 13.7. The molecule has 0 aliphatic rings. The molecule has 0 atom stereocenters. The minimum absolute atomic E-state index is 0.628. The summed E-state index contributed by atoms with van der Waals surface area (Å²) in [6, 6.07) is 29.2. The number of hydrogen-bond acceptors (Lipinski definition) is 1. The van der Waals surface area contributed by atoms with Crippen LogP contribution < -0.4 is 10.6 Å². The van der Waals surface area contributed by atoms with Gasteiger partial charge in [-0.05, 0) is 57.5 Å². The average molecular weight is 342 g/mol. The highest BCUT2D eigenvalue weighted by molar-refractivity contribution is 7.80. The summed E-state index contributed by atoms with van der Waals surface area (Å²) in [7, 11) is 0. The third-order valence-electron chi connectivity index (χ3n) is 4.34. The first-order valence-corrected chi connectivity index (χ1v) is 8.71. The Bertz CT molecular complexity index is 987. The third-order valence-corrected chi connectivity index (χ3v) is 4.59. The van der Waals surface area contributed by atoms with Crippen LogP contribution in [-0.2, 0) is 6.54 Å². The van der Waals surface area contributed by atoms with Crippen molar-refractivity contribution >= 4 is 44.6 Å². The van der Waals surface area contributed by atoms with Crippen LogP contribution in [0, 0.1) is 0 Å². The molecule has 0 unspecified atom stereocenters. The van der Waals surface area contributed by atoms with Crippen molar-refractivity contribution in [1.29, 1.82) is 0 Å². The van der Waals surface area contributed by atoms with Crippen LogP contribution in [0.5, 0.6) is 0 Å². The Morgan fingerprint density at radius 2 is 1.28 bits per heavy atom. The van der Waals surface area contributed by atoms with Crippen molar-refractivity contribution in [3.8, 4) is 0 Å². The van der Waals surface area contributed by atoms with Crippen LogP contribution in [0.15, 0.2) is 84.9 Å². The number of fused-ring (bicyclic) bond motifs is 2. The Kier molecular flexibility index (Phi) is 4.32. The van der Waals surface area contributed by atoms with Gasteiger partial charge in [0.05, 0.1) is 0 Å². The highest BCUT2D eigenvalue weighted by atomic mass is 32.1. The van der Waals surface area contributed by atoms with Crippen molar-refractivity contribution in [3.05, 3.63) is 90.5 Å². The van der Waals surface area contributed by atoms with Crippen molar-refractivity contribution in [3.63, 3.8) is 0 Å². The lowest BCUT2D eigenvalue weighted by atomic mass is 9.97. The van der Waals surface area contributed by atoms with Crippen LogP contribution >= 0.6 is 12.2 Å². The smallest absolute Gasteiger partial charge is 0.171 e. The summed E-state index contributed by atoms with van der Waals surface area (Å²) in [6.07, 6.45) is 0. The molecule has 0 fully saturated rings. The van der Waals surface area contributed by atoms with E-state index in [1.807, 2.05) is 30.3 Å². The normalized spacial score (nSPS) is 10.7. The summed E-state index contributed by atoms with van der Waals surface area (Å²) in [5, 5.41) is 12.2. The molecule has 0 amide bonds. The van der Waals surface area contributed by atoms with Gasteiger partial charge in [0.1, 0.15) is 0 Å². The van der Waals surface area contributed by atoms with Crippen LogP contribution in [0.25, 0.3) is 21.5 Å². The van der Waals surface area contributed by atoms with Crippen LogP contribution in [-0.4, -0.2) is 5.11 Å². The largest absolute Gasteiger partial charge is 0.358 e. The fourth-order valence-electron chi connectivity index (χ4n) is 3.16. The van der Waals surface area contributed by atoms with E-state index in [1.54, 1.807) is 0 Å². The van der Waals surface area contributed by atoms with Crippen LogP contribution in [0.3, 0.4) is 0 Å². The molecule has 122 valence electrons. The Morgan fingerprint density at radius 3 is 1.92 bits per heavy atom. The second kappa shape index (κ2) is 6.91. The quantitative estimate of drug-likeness (QED) is 0.381. The van der Waals surface area contributed by atoms with E-state index in [1.165, 1.54) is 27.1 Å². The Morgan fingerprint density at radius 1 is 0.720 bits per heavy atom. The molecule has 0 aliphatic heterocycles. The van der Waals surface area contributed by atoms with Gasteiger partial charge < -0.3 is 10.6 Å². The summed E-state index contributed by atoms with van der Waals surface area (Å²) in [4.78, 5) is 0. The SMILES string of the molecule is S=C(NCc1c2ccccc2cc2ccccc12)Nc1ccccc1. The number of para-hydroxylation sites is 1. The molecule has 4 aromatic carbocycles. The highest BCUT2D eigenvalue weighted by Crippen LogP contribution is 2.28. The summed E-state index contributed by atoms with van der Waals surface area (Å²) in [6.45, 7) is 0.681. The van der Waals surface area contributed by atoms with Gasteiger partial charge in [-0.15, -0.1) is 0 Å². The zero-order chi connectivity index (χ0) is 17.1. The molecule has 0 spiro atoms. The van der Waals surface area contributed by atoms with Gasteiger partial charge in [0, 0.05) is 12.2 Å². The predicted molar refractivity (Wildman–Crippen MR) is 111 cm³/mol. The number of rotatable bonds is 3. The minimum Gasteiger partial charge on any atom is -0.358 e. The second-order valence-corrected chi connectivity index (χ2v) is 6.38. The molecule has 4 aromatic rings. The number of anilines is 1. The maximum absolute atomic E-state index is 5.46. The third kappa shape index (κ3) is 3.32. The van der Waals surface area contributed by atoms with Crippen molar-refractivity contribution in [2.24, 2.45) is 0 Å². The maximum atomic E-state index is 5.46. The molecule has 0 heterocycles. The minimum atomic E-state index is 0.628. The van der Waals surface area contributed by atoms with Crippen molar-refractivity contribution < 1.29 is 0 Å². The van der Waals surface area contributed by atoms with E-state index in [4.69, 9.17) is 12.2 Å².